The summed E-state index contributed by atoms with van der Waals surface area (Å²) in [5.41, 5.74) is 1.32. The van der Waals surface area contributed by atoms with E-state index in [2.05, 4.69) is 54.9 Å². The fourth-order valence-electron chi connectivity index (χ4n) is 1.95. The van der Waals surface area contributed by atoms with Gasteiger partial charge in [-0.3, -0.25) is 0 Å². The van der Waals surface area contributed by atoms with Crippen molar-refractivity contribution < 1.29 is 0 Å². The second-order valence-electron chi connectivity index (χ2n) is 4.54. The lowest BCUT2D eigenvalue weighted by atomic mass is 10.0. The molecule has 0 amide bonds. The summed E-state index contributed by atoms with van der Waals surface area (Å²) in [6.07, 6.45) is 0. The van der Waals surface area contributed by atoms with Crippen molar-refractivity contribution in [1.29, 1.82) is 5.26 Å². The largest absolute Gasteiger partial charge is 0.304 e. The Labute approximate surface area is 110 Å². The molecule has 0 aliphatic heterocycles. The second-order valence-corrected chi connectivity index (χ2v) is 4.91. The van der Waals surface area contributed by atoms with Gasteiger partial charge in [-0.2, -0.15) is 17.9 Å². The van der Waals surface area contributed by atoms with Gasteiger partial charge >= 0.3 is 0 Å². The van der Waals surface area contributed by atoms with E-state index in [-0.39, 0.29) is 5.92 Å². The molecule has 0 saturated carbocycles. The van der Waals surface area contributed by atoms with Crippen LogP contribution in [0.4, 0.5) is 0 Å². The number of benzene rings is 1. The van der Waals surface area contributed by atoms with Crippen LogP contribution in [0.15, 0.2) is 30.3 Å². The first-order valence-electron chi connectivity index (χ1n) is 5.91. The van der Waals surface area contributed by atoms with E-state index >= 15 is 0 Å². The van der Waals surface area contributed by atoms with Crippen molar-refractivity contribution in [2.75, 3.05) is 25.9 Å². The number of nitriles is 1. The van der Waals surface area contributed by atoms with E-state index in [1.807, 2.05) is 13.0 Å². The summed E-state index contributed by atoms with van der Waals surface area (Å²) in [6, 6.07) is 12.7. The highest BCUT2D eigenvalue weighted by molar-refractivity contribution is 7.80. The van der Waals surface area contributed by atoms with Crippen LogP contribution in [-0.2, 0) is 0 Å². The molecule has 2 unspecified atom stereocenters. The molecule has 0 radical (unpaired) electrons. The minimum Gasteiger partial charge on any atom is -0.304 e. The van der Waals surface area contributed by atoms with Crippen molar-refractivity contribution in [1.82, 2.24) is 4.90 Å². The maximum absolute atomic E-state index is 8.80. The third-order valence-corrected chi connectivity index (χ3v) is 3.27. The average molecular weight is 248 g/mol. The first-order valence-corrected chi connectivity index (χ1v) is 6.54. The van der Waals surface area contributed by atoms with E-state index < -0.39 is 0 Å². The molecule has 2 atom stereocenters. The molecule has 1 aromatic carbocycles. The van der Waals surface area contributed by atoms with Gasteiger partial charge in [0.2, 0.25) is 0 Å². The predicted octanol–water partition coefficient (Wildman–Crippen LogP) is 2.79. The number of nitrogens with zero attached hydrogens (tertiary/aromatic N) is 2. The Hall–Kier alpha value is -0.980. The van der Waals surface area contributed by atoms with Crippen molar-refractivity contribution in [2.45, 2.75) is 12.8 Å². The van der Waals surface area contributed by atoms with Crippen LogP contribution in [-0.4, -0.2) is 30.8 Å². The van der Waals surface area contributed by atoms with Crippen molar-refractivity contribution in [3.05, 3.63) is 35.9 Å². The van der Waals surface area contributed by atoms with Crippen molar-refractivity contribution >= 4 is 12.6 Å². The quantitative estimate of drug-likeness (QED) is 0.784. The maximum Gasteiger partial charge on any atom is 0.0666 e. The lowest BCUT2D eigenvalue weighted by molar-refractivity contribution is 0.297. The van der Waals surface area contributed by atoms with Gasteiger partial charge in [-0.1, -0.05) is 30.3 Å². The Morgan fingerprint density at radius 1 is 1.29 bits per heavy atom. The van der Waals surface area contributed by atoms with Gasteiger partial charge in [0.25, 0.3) is 0 Å². The van der Waals surface area contributed by atoms with E-state index in [4.69, 9.17) is 5.26 Å². The second kappa shape index (κ2) is 7.37. The van der Waals surface area contributed by atoms with E-state index in [9.17, 15) is 0 Å². The smallest absolute Gasteiger partial charge is 0.0666 e. The standard InChI is InChI=1S/C14H20N2S/c1-12(8-15)9-16(2)10-14(11-17)13-6-4-3-5-7-13/h3-7,12,14,17H,9-11H2,1-2H3. The van der Waals surface area contributed by atoms with Crippen LogP contribution in [0.3, 0.4) is 0 Å². The van der Waals surface area contributed by atoms with Gasteiger partial charge in [0.05, 0.1) is 12.0 Å². The van der Waals surface area contributed by atoms with Crippen LogP contribution in [0.1, 0.15) is 18.4 Å². The van der Waals surface area contributed by atoms with Crippen molar-refractivity contribution in [3.8, 4) is 6.07 Å². The number of likely N-dealkylation sites (N-methyl/N-ethyl adjacent to an activating group) is 1. The molecule has 0 saturated heterocycles. The minimum absolute atomic E-state index is 0.0799. The van der Waals surface area contributed by atoms with Crippen LogP contribution < -0.4 is 0 Å². The van der Waals surface area contributed by atoms with Gasteiger partial charge in [-0.15, -0.1) is 0 Å². The lowest BCUT2D eigenvalue weighted by Gasteiger charge is -2.24. The van der Waals surface area contributed by atoms with Crippen molar-refractivity contribution in [2.24, 2.45) is 5.92 Å². The molecule has 1 rings (SSSR count). The van der Waals surface area contributed by atoms with E-state index in [0.717, 1.165) is 18.8 Å². The minimum atomic E-state index is 0.0799. The van der Waals surface area contributed by atoms with E-state index in [1.165, 1.54) is 5.56 Å². The molecule has 3 heteroatoms. The fraction of sp³-hybridized carbons (Fsp3) is 0.500. The normalized spacial score (nSPS) is 14.3. The Balaban J connectivity index is 2.56. The molecular formula is C14H20N2S. The Morgan fingerprint density at radius 3 is 2.47 bits per heavy atom. The predicted molar refractivity (Wildman–Crippen MR) is 75.3 cm³/mol. The highest BCUT2D eigenvalue weighted by Gasteiger charge is 2.13. The molecule has 92 valence electrons. The molecule has 0 heterocycles. The van der Waals surface area contributed by atoms with Gasteiger partial charge in [-0.25, -0.2) is 0 Å². The summed E-state index contributed by atoms with van der Waals surface area (Å²) in [5.74, 6) is 1.33. The Bertz CT molecular complexity index is 358. The van der Waals surface area contributed by atoms with Gasteiger partial charge in [0, 0.05) is 19.0 Å². The number of rotatable bonds is 6. The molecule has 0 spiro atoms. The van der Waals surface area contributed by atoms with Gasteiger partial charge in [0.1, 0.15) is 0 Å². The fourth-order valence-corrected chi connectivity index (χ4v) is 2.28. The van der Waals surface area contributed by atoms with E-state index in [0.29, 0.717) is 5.92 Å². The van der Waals surface area contributed by atoms with E-state index in [1.54, 1.807) is 0 Å². The van der Waals surface area contributed by atoms with Gasteiger partial charge in [0.15, 0.2) is 0 Å². The molecule has 0 N–H and O–H groups in total. The van der Waals surface area contributed by atoms with Crippen LogP contribution in [0.5, 0.6) is 0 Å². The zero-order chi connectivity index (χ0) is 12.7. The molecule has 1 aromatic rings. The highest BCUT2D eigenvalue weighted by Crippen LogP contribution is 2.18. The van der Waals surface area contributed by atoms with Gasteiger partial charge < -0.3 is 4.90 Å². The molecule has 2 nitrogen and oxygen atoms in total. The lowest BCUT2D eigenvalue weighted by Crippen LogP contribution is -2.29. The Morgan fingerprint density at radius 2 is 1.94 bits per heavy atom. The molecule has 0 aliphatic carbocycles. The summed E-state index contributed by atoms with van der Waals surface area (Å²) in [4.78, 5) is 2.21. The topological polar surface area (TPSA) is 27.0 Å². The average Bonchev–Trinajstić information content (AvgIpc) is 2.36. The number of thiol groups is 1. The number of hydrogen-bond acceptors (Lipinski definition) is 3. The zero-order valence-corrected chi connectivity index (χ0v) is 11.4. The van der Waals surface area contributed by atoms with Crippen LogP contribution >= 0.6 is 12.6 Å². The molecule has 0 bridgehead atoms. The monoisotopic (exact) mass is 248 g/mol. The zero-order valence-electron chi connectivity index (χ0n) is 10.5. The SMILES string of the molecule is CC(C#N)CN(C)CC(CS)c1ccccc1. The first kappa shape index (κ1) is 14.1. The molecule has 0 aliphatic rings. The third-order valence-electron chi connectivity index (χ3n) is 2.83. The number of hydrogen-bond donors (Lipinski definition) is 1. The third kappa shape index (κ3) is 4.80. The molecule has 17 heavy (non-hydrogen) atoms. The van der Waals surface area contributed by atoms with Crippen molar-refractivity contribution in [3.63, 3.8) is 0 Å². The van der Waals surface area contributed by atoms with Crippen LogP contribution in [0, 0.1) is 17.2 Å². The first-order chi connectivity index (χ1) is 8.17. The molecule has 0 fully saturated rings. The van der Waals surface area contributed by atoms with Gasteiger partial charge in [-0.05, 0) is 25.3 Å². The summed E-state index contributed by atoms with van der Waals surface area (Å²) >= 11 is 4.42. The molecule has 0 aromatic heterocycles. The van der Waals surface area contributed by atoms with Crippen LogP contribution in [0.2, 0.25) is 0 Å². The summed E-state index contributed by atoms with van der Waals surface area (Å²) < 4.78 is 0. The summed E-state index contributed by atoms with van der Waals surface area (Å²) in [6.45, 7) is 3.71. The molecular weight excluding hydrogens is 228 g/mol. The summed E-state index contributed by atoms with van der Waals surface area (Å²) in [5, 5.41) is 8.80. The summed E-state index contributed by atoms with van der Waals surface area (Å²) in [7, 11) is 2.06. The highest BCUT2D eigenvalue weighted by atomic mass is 32.1. The maximum atomic E-state index is 8.80. The van der Waals surface area contributed by atoms with Crippen LogP contribution in [0.25, 0.3) is 0 Å². The Kier molecular flexibility index (Phi) is 6.10.